The molecule has 0 spiro atoms. The van der Waals surface area contributed by atoms with Gasteiger partial charge in [-0.25, -0.2) is 0 Å². The second kappa shape index (κ2) is 7.95. The first kappa shape index (κ1) is 16.5. The number of benzene rings is 2. The van der Waals surface area contributed by atoms with Gasteiger partial charge in [-0.15, -0.1) is 0 Å². The van der Waals surface area contributed by atoms with Crippen LogP contribution in [-0.4, -0.2) is 25.5 Å². The van der Waals surface area contributed by atoms with Crippen molar-refractivity contribution in [2.24, 2.45) is 0 Å². The highest BCUT2D eigenvalue weighted by Gasteiger charge is 1.99. The molecule has 0 aliphatic rings. The summed E-state index contributed by atoms with van der Waals surface area (Å²) in [6.45, 7) is 5.48. The van der Waals surface area contributed by atoms with Crippen LogP contribution in [0, 0.1) is 13.8 Å². The van der Waals surface area contributed by atoms with Gasteiger partial charge in [-0.05, 0) is 75.1 Å². The summed E-state index contributed by atoms with van der Waals surface area (Å²) < 4.78 is 0. The molecule has 0 saturated carbocycles. The molecule has 0 aromatic heterocycles. The molecule has 2 aromatic carbocycles. The second-order valence-corrected chi connectivity index (χ2v) is 6.29. The third-order valence-corrected chi connectivity index (χ3v) is 4.01. The number of nitrogens with zero attached hydrogens (tertiary/aromatic N) is 1. The van der Waals surface area contributed by atoms with Gasteiger partial charge in [-0.2, -0.15) is 0 Å². The Morgan fingerprint density at radius 2 is 1.59 bits per heavy atom. The minimum Gasteiger partial charge on any atom is -0.309 e. The summed E-state index contributed by atoms with van der Waals surface area (Å²) in [6, 6.07) is 15.3. The fraction of sp³-hybridized carbons (Fsp3) is 0.333. The van der Waals surface area contributed by atoms with Crippen LogP contribution >= 0.6 is 0 Å². The van der Waals surface area contributed by atoms with Gasteiger partial charge < -0.3 is 4.90 Å². The average Bonchev–Trinajstić information content (AvgIpc) is 2.47. The van der Waals surface area contributed by atoms with Crippen molar-refractivity contribution in [1.82, 2.24) is 4.90 Å². The molecule has 0 amide bonds. The van der Waals surface area contributed by atoms with E-state index in [0.717, 1.165) is 13.0 Å². The van der Waals surface area contributed by atoms with E-state index >= 15 is 0 Å². The zero-order chi connectivity index (χ0) is 15.9. The highest BCUT2D eigenvalue weighted by Crippen LogP contribution is 2.17. The van der Waals surface area contributed by atoms with E-state index in [9.17, 15) is 0 Å². The fourth-order valence-corrected chi connectivity index (χ4v) is 2.72. The van der Waals surface area contributed by atoms with Crippen molar-refractivity contribution >= 4 is 12.2 Å². The van der Waals surface area contributed by atoms with Crippen molar-refractivity contribution in [3.05, 3.63) is 70.3 Å². The van der Waals surface area contributed by atoms with Gasteiger partial charge in [0.1, 0.15) is 0 Å². The molecule has 0 aliphatic carbocycles. The Morgan fingerprint density at radius 3 is 2.27 bits per heavy atom. The summed E-state index contributed by atoms with van der Waals surface area (Å²) in [6.07, 6.45) is 6.81. The monoisotopic (exact) mass is 293 g/mol. The van der Waals surface area contributed by atoms with E-state index in [1.54, 1.807) is 0 Å². The summed E-state index contributed by atoms with van der Waals surface area (Å²) in [5.41, 5.74) is 6.70. The molecule has 1 nitrogen and oxygen atoms in total. The molecule has 0 N–H and O–H groups in total. The summed E-state index contributed by atoms with van der Waals surface area (Å²) in [7, 11) is 4.26. The van der Waals surface area contributed by atoms with Gasteiger partial charge in [-0.1, -0.05) is 54.6 Å². The van der Waals surface area contributed by atoms with Crippen molar-refractivity contribution in [2.75, 3.05) is 20.6 Å². The summed E-state index contributed by atoms with van der Waals surface area (Å²) in [5.74, 6) is 0. The predicted octanol–water partition coefficient (Wildman–Crippen LogP) is 4.97. The molecule has 2 rings (SSSR count). The van der Waals surface area contributed by atoms with Gasteiger partial charge in [0.15, 0.2) is 0 Å². The van der Waals surface area contributed by atoms with E-state index in [1.165, 1.54) is 34.2 Å². The maximum Gasteiger partial charge on any atom is -0.00217 e. The van der Waals surface area contributed by atoms with E-state index in [4.69, 9.17) is 0 Å². The Kier molecular flexibility index (Phi) is 5.97. The molecule has 0 heterocycles. The first-order chi connectivity index (χ1) is 10.6. The topological polar surface area (TPSA) is 3.24 Å². The highest BCUT2D eigenvalue weighted by molar-refractivity contribution is 5.72. The standard InChI is InChI=1S/C21H27N/c1-17-8-5-9-18(2)21(17)14-13-20-11-6-10-19(16-20)12-7-15-22(3)4/h5-6,8-11,13-14,16H,7,12,15H2,1-4H3/b14-13+. The van der Waals surface area contributed by atoms with Gasteiger partial charge in [0.05, 0.1) is 0 Å². The molecule has 22 heavy (non-hydrogen) atoms. The summed E-state index contributed by atoms with van der Waals surface area (Å²) in [5, 5.41) is 0. The Balaban J connectivity index is 2.08. The van der Waals surface area contributed by atoms with Crippen molar-refractivity contribution in [3.63, 3.8) is 0 Å². The Morgan fingerprint density at radius 1 is 0.909 bits per heavy atom. The molecular weight excluding hydrogens is 266 g/mol. The van der Waals surface area contributed by atoms with Crippen LogP contribution in [-0.2, 0) is 6.42 Å². The number of rotatable bonds is 6. The molecule has 116 valence electrons. The molecule has 0 bridgehead atoms. The third-order valence-electron chi connectivity index (χ3n) is 4.01. The highest BCUT2D eigenvalue weighted by atomic mass is 15.0. The van der Waals surface area contributed by atoms with Gasteiger partial charge >= 0.3 is 0 Å². The molecule has 0 radical (unpaired) electrons. The molecule has 0 unspecified atom stereocenters. The van der Waals surface area contributed by atoms with Crippen molar-refractivity contribution in [1.29, 1.82) is 0 Å². The van der Waals surface area contributed by atoms with E-state index in [2.05, 4.69) is 87.5 Å². The lowest BCUT2D eigenvalue weighted by Gasteiger charge is -2.09. The van der Waals surface area contributed by atoms with Gasteiger partial charge in [0.25, 0.3) is 0 Å². The normalized spacial score (nSPS) is 11.5. The van der Waals surface area contributed by atoms with Crippen molar-refractivity contribution in [3.8, 4) is 0 Å². The molecule has 1 heteroatoms. The zero-order valence-electron chi connectivity index (χ0n) is 14.3. The van der Waals surface area contributed by atoms with E-state index in [1.807, 2.05) is 0 Å². The van der Waals surface area contributed by atoms with E-state index in [-0.39, 0.29) is 0 Å². The molecule has 2 aromatic rings. The van der Waals surface area contributed by atoms with Crippen LogP contribution in [0.15, 0.2) is 42.5 Å². The van der Waals surface area contributed by atoms with E-state index < -0.39 is 0 Å². The van der Waals surface area contributed by atoms with Crippen molar-refractivity contribution < 1.29 is 0 Å². The fourth-order valence-electron chi connectivity index (χ4n) is 2.72. The third kappa shape index (κ3) is 4.85. The molecule has 0 fully saturated rings. The van der Waals surface area contributed by atoms with Crippen molar-refractivity contribution in [2.45, 2.75) is 26.7 Å². The largest absolute Gasteiger partial charge is 0.309 e. The van der Waals surface area contributed by atoms with Crippen LogP contribution in [0.5, 0.6) is 0 Å². The first-order valence-corrected chi connectivity index (χ1v) is 8.04. The number of aryl methyl sites for hydroxylation is 3. The first-order valence-electron chi connectivity index (χ1n) is 8.04. The van der Waals surface area contributed by atoms with E-state index in [0.29, 0.717) is 0 Å². The second-order valence-electron chi connectivity index (χ2n) is 6.29. The minimum absolute atomic E-state index is 1.14. The smallest absolute Gasteiger partial charge is 0.00217 e. The maximum absolute atomic E-state index is 2.31. The van der Waals surface area contributed by atoms with Crippen LogP contribution < -0.4 is 0 Å². The molecule has 0 atom stereocenters. The lowest BCUT2D eigenvalue weighted by Crippen LogP contribution is -2.13. The van der Waals surface area contributed by atoms with Crippen LogP contribution in [0.1, 0.15) is 34.2 Å². The minimum atomic E-state index is 1.14. The van der Waals surface area contributed by atoms with Gasteiger partial charge in [0.2, 0.25) is 0 Å². The zero-order valence-corrected chi connectivity index (χ0v) is 14.3. The van der Waals surface area contributed by atoms with Crippen LogP contribution in [0.2, 0.25) is 0 Å². The molecular formula is C21H27N. The Bertz CT molecular complexity index is 618. The van der Waals surface area contributed by atoms with Crippen LogP contribution in [0.3, 0.4) is 0 Å². The maximum atomic E-state index is 2.31. The summed E-state index contributed by atoms with van der Waals surface area (Å²) in [4.78, 5) is 2.24. The van der Waals surface area contributed by atoms with Gasteiger partial charge in [0, 0.05) is 0 Å². The summed E-state index contributed by atoms with van der Waals surface area (Å²) >= 11 is 0. The number of hydrogen-bond donors (Lipinski definition) is 0. The molecule has 0 saturated heterocycles. The lowest BCUT2D eigenvalue weighted by molar-refractivity contribution is 0.400. The number of hydrogen-bond acceptors (Lipinski definition) is 1. The van der Waals surface area contributed by atoms with Crippen LogP contribution in [0.25, 0.3) is 12.2 Å². The molecule has 0 aliphatic heterocycles. The Labute approximate surface area is 135 Å². The quantitative estimate of drug-likeness (QED) is 0.680. The SMILES string of the molecule is Cc1cccc(C)c1/C=C/c1cccc(CCCN(C)C)c1. The lowest BCUT2D eigenvalue weighted by atomic mass is 10.0. The van der Waals surface area contributed by atoms with Crippen LogP contribution in [0.4, 0.5) is 0 Å². The van der Waals surface area contributed by atoms with Gasteiger partial charge in [-0.3, -0.25) is 0 Å². The Hall–Kier alpha value is -1.86. The predicted molar refractivity (Wildman–Crippen MR) is 98.2 cm³/mol. The average molecular weight is 293 g/mol.